The molecule has 126 valence electrons. The maximum Gasteiger partial charge on any atom is 0.313 e. The van der Waals surface area contributed by atoms with Gasteiger partial charge in [-0.3, -0.25) is 15.5 Å². The predicted octanol–water partition coefficient (Wildman–Crippen LogP) is 3.84. The van der Waals surface area contributed by atoms with Crippen LogP contribution in [0.3, 0.4) is 0 Å². The number of pyridine rings is 1. The highest BCUT2D eigenvalue weighted by Crippen LogP contribution is 2.20. The van der Waals surface area contributed by atoms with Gasteiger partial charge in [0.05, 0.1) is 16.8 Å². The number of benzene rings is 1. The van der Waals surface area contributed by atoms with E-state index in [1.54, 1.807) is 6.21 Å². The maximum atomic E-state index is 11.0. The Hall–Kier alpha value is -3.48. The van der Waals surface area contributed by atoms with Gasteiger partial charge < -0.3 is 4.57 Å². The molecular formula is C18H17N5O2. The van der Waals surface area contributed by atoms with Gasteiger partial charge in [-0.05, 0) is 43.7 Å². The molecule has 0 amide bonds. The topological polar surface area (TPSA) is 85.3 Å². The van der Waals surface area contributed by atoms with Crippen LogP contribution in [0.15, 0.2) is 60.0 Å². The van der Waals surface area contributed by atoms with Gasteiger partial charge in [0.1, 0.15) is 0 Å². The number of hydrogen-bond acceptors (Lipinski definition) is 5. The van der Waals surface area contributed by atoms with E-state index in [1.165, 1.54) is 23.9 Å². The van der Waals surface area contributed by atoms with Crippen molar-refractivity contribution >= 4 is 17.7 Å². The highest BCUT2D eigenvalue weighted by molar-refractivity contribution is 5.79. The minimum absolute atomic E-state index is 0.105. The molecule has 1 aromatic carbocycles. The molecule has 0 aliphatic carbocycles. The largest absolute Gasteiger partial charge is 0.315 e. The Morgan fingerprint density at radius 2 is 2.08 bits per heavy atom. The standard InChI is InChI=1S/C18H17N5O2/c1-13-7-8-16(14(2)11-13)22-10-4-5-15(22)12-20-21-18-17(23(24)25)6-3-9-19-18/h3-12H,1-2H3,(H,19,21)/b20-12-. The van der Waals surface area contributed by atoms with Crippen molar-refractivity contribution in [3.05, 3.63) is 81.8 Å². The molecule has 0 saturated heterocycles. The Labute approximate surface area is 144 Å². The normalized spacial score (nSPS) is 11.0. The van der Waals surface area contributed by atoms with Crippen molar-refractivity contribution in [2.24, 2.45) is 5.10 Å². The summed E-state index contributed by atoms with van der Waals surface area (Å²) in [5.41, 5.74) is 6.77. The first-order valence-corrected chi connectivity index (χ1v) is 7.70. The molecule has 2 aromatic heterocycles. The summed E-state index contributed by atoms with van der Waals surface area (Å²) in [4.78, 5) is 14.4. The molecule has 0 aliphatic heterocycles. The molecule has 1 N–H and O–H groups in total. The minimum Gasteiger partial charge on any atom is -0.315 e. The molecular weight excluding hydrogens is 318 g/mol. The third-order valence-corrected chi connectivity index (χ3v) is 3.74. The summed E-state index contributed by atoms with van der Waals surface area (Å²) < 4.78 is 2.01. The zero-order chi connectivity index (χ0) is 17.8. The van der Waals surface area contributed by atoms with Crippen LogP contribution in [0.4, 0.5) is 11.5 Å². The molecule has 0 saturated carbocycles. The predicted molar refractivity (Wildman–Crippen MR) is 97.4 cm³/mol. The Morgan fingerprint density at radius 1 is 1.24 bits per heavy atom. The van der Waals surface area contributed by atoms with Gasteiger partial charge in [0, 0.05) is 24.1 Å². The molecule has 0 aliphatic rings. The number of hydrogen-bond donors (Lipinski definition) is 1. The van der Waals surface area contributed by atoms with E-state index >= 15 is 0 Å². The molecule has 0 spiro atoms. The SMILES string of the molecule is Cc1ccc(-n2cccc2/C=N\Nc2ncccc2[N+](=O)[O-])c(C)c1. The van der Waals surface area contributed by atoms with E-state index < -0.39 is 4.92 Å². The summed E-state index contributed by atoms with van der Waals surface area (Å²) in [5.74, 6) is 0.105. The first-order valence-electron chi connectivity index (χ1n) is 7.70. The first kappa shape index (κ1) is 16.4. The van der Waals surface area contributed by atoms with Crippen LogP contribution >= 0.6 is 0 Å². The van der Waals surface area contributed by atoms with E-state index in [0.717, 1.165) is 16.9 Å². The van der Waals surface area contributed by atoms with Crippen molar-refractivity contribution < 1.29 is 4.92 Å². The summed E-state index contributed by atoms with van der Waals surface area (Å²) >= 11 is 0. The third-order valence-electron chi connectivity index (χ3n) is 3.74. The van der Waals surface area contributed by atoms with Gasteiger partial charge >= 0.3 is 5.69 Å². The summed E-state index contributed by atoms with van der Waals surface area (Å²) in [6, 6.07) is 13.0. The van der Waals surface area contributed by atoms with E-state index in [4.69, 9.17) is 0 Å². The Kier molecular flexibility index (Phi) is 4.56. The zero-order valence-electron chi connectivity index (χ0n) is 13.9. The van der Waals surface area contributed by atoms with E-state index in [1.807, 2.05) is 22.9 Å². The average Bonchev–Trinajstić information content (AvgIpc) is 3.03. The monoisotopic (exact) mass is 335 g/mol. The second-order valence-corrected chi connectivity index (χ2v) is 5.59. The summed E-state index contributed by atoms with van der Waals surface area (Å²) in [6.07, 6.45) is 5.03. The highest BCUT2D eigenvalue weighted by Gasteiger charge is 2.13. The number of aromatic nitrogens is 2. The van der Waals surface area contributed by atoms with Crippen LogP contribution < -0.4 is 5.43 Å². The number of anilines is 1. The van der Waals surface area contributed by atoms with Crippen LogP contribution in [-0.4, -0.2) is 20.7 Å². The van der Waals surface area contributed by atoms with Gasteiger partial charge in [-0.15, -0.1) is 0 Å². The number of nitrogens with one attached hydrogen (secondary N) is 1. The van der Waals surface area contributed by atoms with Crippen LogP contribution in [0, 0.1) is 24.0 Å². The quantitative estimate of drug-likeness (QED) is 0.436. The minimum atomic E-state index is -0.497. The number of rotatable bonds is 5. The molecule has 0 atom stereocenters. The lowest BCUT2D eigenvalue weighted by molar-refractivity contribution is -0.384. The number of aryl methyl sites for hydroxylation is 2. The second kappa shape index (κ2) is 6.96. The van der Waals surface area contributed by atoms with Crippen molar-refractivity contribution in [1.82, 2.24) is 9.55 Å². The molecule has 0 radical (unpaired) electrons. The van der Waals surface area contributed by atoms with Crippen molar-refractivity contribution in [3.8, 4) is 5.69 Å². The van der Waals surface area contributed by atoms with Crippen LogP contribution in [-0.2, 0) is 0 Å². The lowest BCUT2D eigenvalue weighted by Crippen LogP contribution is -2.03. The van der Waals surface area contributed by atoms with Gasteiger partial charge in [-0.2, -0.15) is 5.10 Å². The molecule has 7 heteroatoms. The van der Waals surface area contributed by atoms with Crippen molar-refractivity contribution in [1.29, 1.82) is 0 Å². The number of nitrogens with zero attached hydrogens (tertiary/aromatic N) is 4. The zero-order valence-corrected chi connectivity index (χ0v) is 13.9. The van der Waals surface area contributed by atoms with E-state index in [2.05, 4.69) is 47.6 Å². The molecule has 0 unspecified atom stereocenters. The van der Waals surface area contributed by atoms with E-state index in [-0.39, 0.29) is 11.5 Å². The van der Waals surface area contributed by atoms with Gasteiger partial charge in [0.2, 0.25) is 5.82 Å². The molecule has 2 heterocycles. The summed E-state index contributed by atoms with van der Waals surface area (Å²) in [7, 11) is 0. The van der Waals surface area contributed by atoms with Crippen molar-refractivity contribution in [3.63, 3.8) is 0 Å². The van der Waals surface area contributed by atoms with Crippen LogP contribution in [0.1, 0.15) is 16.8 Å². The molecule has 3 rings (SSSR count). The Morgan fingerprint density at radius 3 is 2.84 bits per heavy atom. The van der Waals surface area contributed by atoms with Crippen LogP contribution in [0.25, 0.3) is 5.69 Å². The molecule has 0 fully saturated rings. The van der Waals surface area contributed by atoms with Crippen molar-refractivity contribution in [2.45, 2.75) is 13.8 Å². The third kappa shape index (κ3) is 3.55. The molecule has 0 bridgehead atoms. The lowest BCUT2D eigenvalue weighted by atomic mass is 10.1. The van der Waals surface area contributed by atoms with Crippen LogP contribution in [0.5, 0.6) is 0 Å². The van der Waals surface area contributed by atoms with Gasteiger partial charge in [0.15, 0.2) is 0 Å². The molecule has 3 aromatic rings. The first-order chi connectivity index (χ1) is 12.1. The fraction of sp³-hybridized carbons (Fsp3) is 0.111. The molecule has 7 nitrogen and oxygen atoms in total. The fourth-order valence-corrected chi connectivity index (χ4v) is 2.58. The average molecular weight is 335 g/mol. The number of hydrazone groups is 1. The van der Waals surface area contributed by atoms with Gasteiger partial charge in [-0.1, -0.05) is 17.7 Å². The van der Waals surface area contributed by atoms with Gasteiger partial charge in [-0.25, -0.2) is 4.98 Å². The van der Waals surface area contributed by atoms with Crippen molar-refractivity contribution in [2.75, 3.05) is 5.43 Å². The highest BCUT2D eigenvalue weighted by atomic mass is 16.6. The number of nitro groups is 1. The van der Waals surface area contributed by atoms with E-state index in [0.29, 0.717) is 0 Å². The maximum absolute atomic E-state index is 11.0. The Bertz CT molecular complexity index is 946. The summed E-state index contributed by atoms with van der Waals surface area (Å²) in [6.45, 7) is 4.11. The molecule has 25 heavy (non-hydrogen) atoms. The van der Waals surface area contributed by atoms with Crippen LogP contribution in [0.2, 0.25) is 0 Å². The van der Waals surface area contributed by atoms with Gasteiger partial charge in [0.25, 0.3) is 0 Å². The fourth-order valence-electron chi connectivity index (χ4n) is 2.58. The van der Waals surface area contributed by atoms with E-state index in [9.17, 15) is 10.1 Å². The second-order valence-electron chi connectivity index (χ2n) is 5.59. The Balaban J connectivity index is 1.85. The summed E-state index contributed by atoms with van der Waals surface area (Å²) in [5, 5.41) is 15.1. The smallest absolute Gasteiger partial charge is 0.313 e. The lowest BCUT2D eigenvalue weighted by Gasteiger charge is -2.10.